The number of fused-ring (bicyclic) bond motifs is 1. The highest BCUT2D eigenvalue weighted by Crippen LogP contribution is 2.36. The molecule has 0 radical (unpaired) electrons. The van der Waals surface area contributed by atoms with Crippen LogP contribution < -0.4 is 10.2 Å². The second-order valence-electron chi connectivity index (χ2n) is 4.27. The molecule has 0 fully saturated rings. The van der Waals surface area contributed by atoms with E-state index >= 15 is 0 Å². The lowest BCUT2D eigenvalue weighted by atomic mass is 10.1. The Morgan fingerprint density at radius 3 is 2.88 bits per heavy atom. The zero-order chi connectivity index (χ0) is 12.4. The molecule has 0 spiro atoms. The Morgan fingerprint density at radius 2 is 2.24 bits per heavy atom. The number of anilines is 1. The standard InChI is InChI=1S/C13H18N2O2/c1-3-14-12-10-8-9(2)4-5-11(10)15(6-7-16)13(12)17/h4-5,8,12,14,16H,3,6-7H2,1-2H3. The van der Waals surface area contributed by atoms with Gasteiger partial charge in [0, 0.05) is 17.8 Å². The molecule has 2 rings (SSSR count). The molecule has 1 aliphatic heterocycles. The largest absolute Gasteiger partial charge is 0.395 e. The SMILES string of the molecule is CCNC1C(=O)N(CCO)c2ccc(C)cc21. The van der Waals surface area contributed by atoms with Crippen LogP contribution in [0.1, 0.15) is 24.1 Å². The maximum absolute atomic E-state index is 12.2. The highest BCUT2D eigenvalue weighted by molar-refractivity contribution is 6.04. The number of carbonyl (C=O) groups is 1. The lowest BCUT2D eigenvalue weighted by Crippen LogP contribution is -2.36. The Kier molecular flexibility index (Phi) is 3.45. The van der Waals surface area contributed by atoms with Gasteiger partial charge >= 0.3 is 0 Å². The molecule has 1 heterocycles. The number of hydrogen-bond acceptors (Lipinski definition) is 3. The van der Waals surface area contributed by atoms with Crippen LogP contribution in [0.3, 0.4) is 0 Å². The van der Waals surface area contributed by atoms with E-state index in [4.69, 9.17) is 5.11 Å². The maximum atomic E-state index is 12.2. The first-order chi connectivity index (χ1) is 8.19. The second-order valence-corrected chi connectivity index (χ2v) is 4.27. The molecule has 92 valence electrons. The monoisotopic (exact) mass is 234 g/mol. The number of nitrogens with zero attached hydrogens (tertiary/aromatic N) is 1. The van der Waals surface area contributed by atoms with E-state index in [1.54, 1.807) is 4.90 Å². The molecule has 4 nitrogen and oxygen atoms in total. The summed E-state index contributed by atoms with van der Waals surface area (Å²) in [4.78, 5) is 13.9. The number of aliphatic hydroxyl groups is 1. The van der Waals surface area contributed by atoms with E-state index < -0.39 is 0 Å². The van der Waals surface area contributed by atoms with E-state index in [0.29, 0.717) is 6.54 Å². The van der Waals surface area contributed by atoms with Crippen LogP contribution in [0.5, 0.6) is 0 Å². The van der Waals surface area contributed by atoms with Crippen molar-refractivity contribution in [2.45, 2.75) is 19.9 Å². The predicted octanol–water partition coefficient (Wildman–Crippen LogP) is 0.985. The highest BCUT2D eigenvalue weighted by Gasteiger charge is 2.36. The summed E-state index contributed by atoms with van der Waals surface area (Å²) in [6, 6.07) is 5.72. The minimum absolute atomic E-state index is 0.0160. The number of β-amino-alcohol motifs (C(OH)–C–C–N with tert-alkyl or cyclic N) is 1. The van der Waals surface area contributed by atoms with Gasteiger partial charge in [-0.05, 0) is 19.5 Å². The van der Waals surface area contributed by atoms with E-state index in [1.165, 1.54) is 0 Å². The molecule has 1 aromatic carbocycles. The van der Waals surface area contributed by atoms with Crippen LogP contribution in [0.4, 0.5) is 5.69 Å². The topological polar surface area (TPSA) is 52.6 Å². The number of nitrogens with one attached hydrogen (secondary N) is 1. The van der Waals surface area contributed by atoms with E-state index in [2.05, 4.69) is 5.32 Å². The van der Waals surface area contributed by atoms with Crippen molar-refractivity contribution in [2.24, 2.45) is 0 Å². The van der Waals surface area contributed by atoms with Crippen molar-refractivity contribution in [1.29, 1.82) is 0 Å². The molecule has 2 N–H and O–H groups in total. The van der Waals surface area contributed by atoms with Gasteiger partial charge in [-0.1, -0.05) is 24.6 Å². The minimum Gasteiger partial charge on any atom is -0.395 e. The lowest BCUT2D eigenvalue weighted by molar-refractivity contribution is -0.120. The summed E-state index contributed by atoms with van der Waals surface area (Å²) in [5.41, 5.74) is 3.08. The molecule has 1 aromatic rings. The summed E-state index contributed by atoms with van der Waals surface area (Å²) in [5, 5.41) is 12.2. The molecule has 1 amide bonds. The first-order valence-corrected chi connectivity index (χ1v) is 5.95. The summed E-state index contributed by atoms with van der Waals surface area (Å²) in [7, 11) is 0. The summed E-state index contributed by atoms with van der Waals surface area (Å²) in [6.45, 7) is 5.09. The molecule has 0 bridgehead atoms. The summed E-state index contributed by atoms with van der Waals surface area (Å²) < 4.78 is 0. The Balaban J connectivity index is 2.41. The zero-order valence-corrected chi connectivity index (χ0v) is 10.2. The van der Waals surface area contributed by atoms with Gasteiger partial charge in [-0.2, -0.15) is 0 Å². The smallest absolute Gasteiger partial charge is 0.248 e. The normalized spacial score (nSPS) is 18.6. The summed E-state index contributed by atoms with van der Waals surface area (Å²) >= 11 is 0. The summed E-state index contributed by atoms with van der Waals surface area (Å²) in [6.07, 6.45) is 0. The van der Waals surface area contributed by atoms with Crippen LogP contribution in [0.2, 0.25) is 0 Å². The Labute approximate surface area is 101 Å². The molecule has 1 atom stereocenters. The fraction of sp³-hybridized carbons (Fsp3) is 0.462. The number of benzene rings is 1. The fourth-order valence-corrected chi connectivity index (χ4v) is 2.29. The van der Waals surface area contributed by atoms with Gasteiger partial charge in [0.1, 0.15) is 6.04 Å². The van der Waals surface area contributed by atoms with Crippen molar-refractivity contribution in [3.8, 4) is 0 Å². The number of amides is 1. The van der Waals surface area contributed by atoms with Gasteiger partial charge < -0.3 is 15.3 Å². The number of likely N-dealkylation sites (N-methyl/N-ethyl adjacent to an activating group) is 1. The van der Waals surface area contributed by atoms with Crippen LogP contribution in [-0.2, 0) is 4.79 Å². The van der Waals surface area contributed by atoms with E-state index in [0.717, 1.165) is 23.4 Å². The van der Waals surface area contributed by atoms with Gasteiger partial charge in [-0.25, -0.2) is 0 Å². The van der Waals surface area contributed by atoms with E-state index in [-0.39, 0.29) is 18.6 Å². The van der Waals surface area contributed by atoms with E-state index in [9.17, 15) is 4.79 Å². The third-order valence-electron chi connectivity index (χ3n) is 3.03. The second kappa shape index (κ2) is 4.85. The number of hydrogen-bond donors (Lipinski definition) is 2. The molecule has 0 aliphatic carbocycles. The van der Waals surface area contributed by atoms with Crippen LogP contribution >= 0.6 is 0 Å². The van der Waals surface area contributed by atoms with Crippen molar-refractivity contribution in [3.63, 3.8) is 0 Å². The summed E-state index contributed by atoms with van der Waals surface area (Å²) in [5.74, 6) is 0.0292. The predicted molar refractivity (Wildman–Crippen MR) is 67.0 cm³/mol. The van der Waals surface area contributed by atoms with Gasteiger partial charge in [0.05, 0.1) is 6.61 Å². The third-order valence-corrected chi connectivity index (χ3v) is 3.03. The van der Waals surface area contributed by atoms with Crippen molar-refractivity contribution >= 4 is 11.6 Å². The van der Waals surface area contributed by atoms with Gasteiger partial charge in [0.2, 0.25) is 5.91 Å². The zero-order valence-electron chi connectivity index (χ0n) is 10.2. The fourth-order valence-electron chi connectivity index (χ4n) is 2.29. The van der Waals surface area contributed by atoms with Crippen LogP contribution in [0.25, 0.3) is 0 Å². The van der Waals surface area contributed by atoms with Crippen molar-refractivity contribution < 1.29 is 9.90 Å². The third kappa shape index (κ3) is 2.06. The average molecular weight is 234 g/mol. The van der Waals surface area contributed by atoms with Crippen LogP contribution in [0.15, 0.2) is 18.2 Å². The Hall–Kier alpha value is -1.39. The number of rotatable bonds is 4. The molecule has 0 saturated heterocycles. The molecule has 1 aliphatic rings. The van der Waals surface area contributed by atoms with Crippen molar-refractivity contribution in [3.05, 3.63) is 29.3 Å². The number of carbonyl (C=O) groups excluding carboxylic acids is 1. The van der Waals surface area contributed by atoms with Crippen LogP contribution in [-0.4, -0.2) is 30.7 Å². The maximum Gasteiger partial charge on any atom is 0.248 e. The Morgan fingerprint density at radius 1 is 1.47 bits per heavy atom. The molecule has 0 saturated carbocycles. The average Bonchev–Trinajstić information content (AvgIpc) is 2.55. The highest BCUT2D eigenvalue weighted by atomic mass is 16.3. The Bertz CT molecular complexity index is 431. The van der Waals surface area contributed by atoms with Gasteiger partial charge in [-0.15, -0.1) is 0 Å². The van der Waals surface area contributed by atoms with Gasteiger partial charge in [0.15, 0.2) is 0 Å². The lowest BCUT2D eigenvalue weighted by Gasteiger charge is -2.16. The molecule has 4 heteroatoms. The minimum atomic E-state index is -0.263. The first kappa shape index (κ1) is 12.1. The molecular formula is C13H18N2O2. The van der Waals surface area contributed by atoms with Crippen LogP contribution in [0, 0.1) is 6.92 Å². The number of aliphatic hydroxyl groups excluding tert-OH is 1. The van der Waals surface area contributed by atoms with E-state index in [1.807, 2.05) is 32.0 Å². The van der Waals surface area contributed by atoms with Crippen molar-refractivity contribution in [1.82, 2.24) is 5.32 Å². The number of aryl methyl sites for hydroxylation is 1. The van der Waals surface area contributed by atoms with Gasteiger partial charge in [0.25, 0.3) is 0 Å². The molecule has 0 aromatic heterocycles. The van der Waals surface area contributed by atoms with Gasteiger partial charge in [-0.3, -0.25) is 4.79 Å². The van der Waals surface area contributed by atoms with Crippen molar-refractivity contribution in [2.75, 3.05) is 24.6 Å². The quantitative estimate of drug-likeness (QED) is 0.816. The molecular weight excluding hydrogens is 216 g/mol. The molecule has 1 unspecified atom stereocenters. The first-order valence-electron chi connectivity index (χ1n) is 5.95. The molecule has 17 heavy (non-hydrogen) atoms.